The molecule has 0 aromatic carbocycles. The summed E-state index contributed by atoms with van der Waals surface area (Å²) in [6.07, 6.45) is 3.71. The van der Waals surface area contributed by atoms with Crippen molar-refractivity contribution in [3.63, 3.8) is 0 Å². The molecule has 0 bridgehead atoms. The van der Waals surface area contributed by atoms with E-state index in [1.165, 1.54) is 0 Å². The maximum absolute atomic E-state index is 12.5. The maximum Gasteiger partial charge on any atom is 0.238 e. The smallest absolute Gasteiger partial charge is 0.238 e. The van der Waals surface area contributed by atoms with Crippen molar-refractivity contribution in [3.05, 3.63) is 36.3 Å². The molecule has 2 aromatic rings. The summed E-state index contributed by atoms with van der Waals surface area (Å²) in [6.45, 7) is 2.46. The second-order valence-corrected chi connectivity index (χ2v) is 4.92. The summed E-state index contributed by atoms with van der Waals surface area (Å²) in [5.74, 6) is 0.522. The van der Waals surface area contributed by atoms with Crippen LogP contribution >= 0.6 is 0 Å². The van der Waals surface area contributed by atoms with Crippen molar-refractivity contribution in [1.29, 1.82) is 0 Å². The van der Waals surface area contributed by atoms with Crippen LogP contribution in [-0.4, -0.2) is 33.3 Å². The molecule has 1 aliphatic rings. The Kier molecular flexibility index (Phi) is 3.14. The lowest BCUT2D eigenvalue weighted by atomic mass is 10.2. The van der Waals surface area contributed by atoms with Crippen LogP contribution in [0.15, 0.2) is 30.6 Å². The fraction of sp³-hybridized carbons (Fsp3) is 0.357. The predicted molar refractivity (Wildman–Crippen MR) is 73.6 cm³/mol. The predicted octanol–water partition coefficient (Wildman–Crippen LogP) is 1.17. The highest BCUT2D eigenvalue weighted by atomic mass is 16.5. The van der Waals surface area contributed by atoms with Gasteiger partial charge in [0.25, 0.3) is 0 Å². The van der Waals surface area contributed by atoms with Crippen LogP contribution in [0.4, 0.5) is 5.69 Å². The molecule has 6 heteroatoms. The van der Waals surface area contributed by atoms with E-state index in [4.69, 9.17) is 4.74 Å². The van der Waals surface area contributed by atoms with Crippen LogP contribution in [0.3, 0.4) is 0 Å². The molecule has 3 rings (SSSR count). The van der Waals surface area contributed by atoms with Crippen LogP contribution in [0.5, 0.6) is 5.88 Å². The van der Waals surface area contributed by atoms with Gasteiger partial charge in [-0.2, -0.15) is 5.10 Å². The van der Waals surface area contributed by atoms with Gasteiger partial charge in [0.2, 0.25) is 11.8 Å². The Labute approximate surface area is 117 Å². The number of rotatable bonds is 2. The van der Waals surface area contributed by atoms with Crippen LogP contribution in [0, 0.1) is 0 Å². The Morgan fingerprint density at radius 1 is 1.50 bits per heavy atom. The van der Waals surface area contributed by atoms with E-state index >= 15 is 0 Å². The molecule has 0 aliphatic carbocycles. The zero-order valence-electron chi connectivity index (χ0n) is 11.5. The molecule has 0 N–H and O–H groups in total. The molecule has 1 aliphatic heterocycles. The van der Waals surface area contributed by atoms with Gasteiger partial charge in [0.15, 0.2) is 0 Å². The number of ether oxygens (including phenoxy) is 1. The van der Waals surface area contributed by atoms with Crippen molar-refractivity contribution < 1.29 is 9.53 Å². The van der Waals surface area contributed by atoms with E-state index in [-0.39, 0.29) is 18.4 Å². The standard InChI is InChI=1S/C14H16N4O2/c1-10-9-18(12-4-3-6-15-14(12)20-10)13(19)8-11-5-7-17(2)16-11/h3-7,10H,8-9H2,1-2H3. The lowest BCUT2D eigenvalue weighted by Gasteiger charge is -2.32. The number of carbonyl (C=O) groups is 1. The van der Waals surface area contributed by atoms with Crippen LogP contribution in [0.25, 0.3) is 0 Å². The highest BCUT2D eigenvalue weighted by molar-refractivity contribution is 5.96. The van der Waals surface area contributed by atoms with Gasteiger partial charge in [-0.25, -0.2) is 4.98 Å². The largest absolute Gasteiger partial charge is 0.471 e. The Balaban J connectivity index is 1.84. The van der Waals surface area contributed by atoms with Gasteiger partial charge < -0.3 is 9.64 Å². The number of fused-ring (bicyclic) bond motifs is 1. The highest BCUT2D eigenvalue weighted by Crippen LogP contribution is 2.31. The molecule has 6 nitrogen and oxygen atoms in total. The number of amides is 1. The van der Waals surface area contributed by atoms with Gasteiger partial charge in [-0.05, 0) is 25.1 Å². The summed E-state index contributed by atoms with van der Waals surface area (Å²) >= 11 is 0. The van der Waals surface area contributed by atoms with E-state index < -0.39 is 0 Å². The van der Waals surface area contributed by atoms with Gasteiger partial charge in [-0.3, -0.25) is 9.48 Å². The highest BCUT2D eigenvalue weighted by Gasteiger charge is 2.28. The molecule has 1 atom stereocenters. The fourth-order valence-electron chi connectivity index (χ4n) is 2.31. The number of hydrogen-bond donors (Lipinski definition) is 0. The van der Waals surface area contributed by atoms with Crippen molar-refractivity contribution in [1.82, 2.24) is 14.8 Å². The van der Waals surface area contributed by atoms with E-state index in [0.717, 1.165) is 11.4 Å². The number of aromatic nitrogens is 3. The molecular formula is C14H16N4O2. The normalized spacial score (nSPS) is 17.5. The first-order valence-electron chi connectivity index (χ1n) is 6.54. The van der Waals surface area contributed by atoms with Gasteiger partial charge in [0.05, 0.1) is 18.7 Å². The van der Waals surface area contributed by atoms with E-state index in [1.807, 2.05) is 32.3 Å². The number of nitrogens with zero attached hydrogens (tertiary/aromatic N) is 4. The summed E-state index contributed by atoms with van der Waals surface area (Å²) in [5, 5.41) is 4.24. The molecule has 0 radical (unpaired) electrons. The topological polar surface area (TPSA) is 60.2 Å². The third kappa shape index (κ3) is 2.36. The molecule has 3 heterocycles. The van der Waals surface area contributed by atoms with E-state index in [0.29, 0.717) is 12.4 Å². The van der Waals surface area contributed by atoms with Crippen molar-refractivity contribution in [3.8, 4) is 5.88 Å². The third-order valence-electron chi connectivity index (χ3n) is 3.20. The van der Waals surface area contributed by atoms with Gasteiger partial charge >= 0.3 is 0 Å². The minimum absolute atomic E-state index is 0.00750. The van der Waals surface area contributed by atoms with Crippen molar-refractivity contribution >= 4 is 11.6 Å². The fourth-order valence-corrected chi connectivity index (χ4v) is 2.31. The molecule has 104 valence electrons. The average molecular weight is 272 g/mol. The first kappa shape index (κ1) is 12.7. The number of pyridine rings is 1. The molecule has 1 unspecified atom stereocenters. The third-order valence-corrected chi connectivity index (χ3v) is 3.20. The molecule has 2 aromatic heterocycles. The summed E-state index contributed by atoms with van der Waals surface area (Å²) < 4.78 is 7.34. The van der Waals surface area contributed by atoms with Crippen LogP contribution < -0.4 is 9.64 Å². The molecule has 0 spiro atoms. The molecule has 0 fully saturated rings. The van der Waals surface area contributed by atoms with Crippen LogP contribution in [0.1, 0.15) is 12.6 Å². The summed E-state index contributed by atoms with van der Waals surface area (Å²) in [7, 11) is 1.84. The summed E-state index contributed by atoms with van der Waals surface area (Å²) in [6, 6.07) is 5.51. The van der Waals surface area contributed by atoms with Crippen LogP contribution in [-0.2, 0) is 18.3 Å². The van der Waals surface area contributed by atoms with E-state index in [9.17, 15) is 4.79 Å². The summed E-state index contributed by atoms with van der Waals surface area (Å²) in [4.78, 5) is 18.4. The maximum atomic E-state index is 12.5. The van der Waals surface area contributed by atoms with Crippen molar-refractivity contribution in [2.24, 2.45) is 7.05 Å². The van der Waals surface area contributed by atoms with Gasteiger partial charge in [0.1, 0.15) is 11.8 Å². The molecular weight excluding hydrogens is 256 g/mol. The average Bonchev–Trinajstić information content (AvgIpc) is 2.83. The summed E-state index contributed by atoms with van der Waals surface area (Å²) in [5.41, 5.74) is 1.49. The van der Waals surface area contributed by atoms with Crippen molar-refractivity contribution in [2.75, 3.05) is 11.4 Å². The van der Waals surface area contributed by atoms with Crippen molar-refractivity contribution in [2.45, 2.75) is 19.4 Å². The number of carbonyl (C=O) groups excluding carboxylic acids is 1. The number of aryl methyl sites for hydroxylation is 1. The van der Waals surface area contributed by atoms with E-state index in [1.54, 1.807) is 21.8 Å². The van der Waals surface area contributed by atoms with Gasteiger partial charge in [0, 0.05) is 19.4 Å². The Bertz CT molecular complexity index is 638. The number of hydrogen-bond acceptors (Lipinski definition) is 4. The first-order valence-corrected chi connectivity index (χ1v) is 6.54. The lowest BCUT2D eigenvalue weighted by Crippen LogP contribution is -2.43. The van der Waals surface area contributed by atoms with Gasteiger partial charge in [-0.1, -0.05) is 0 Å². The van der Waals surface area contributed by atoms with E-state index in [2.05, 4.69) is 10.1 Å². The molecule has 1 amide bonds. The van der Waals surface area contributed by atoms with Crippen LogP contribution in [0.2, 0.25) is 0 Å². The Morgan fingerprint density at radius 3 is 3.10 bits per heavy atom. The zero-order chi connectivity index (χ0) is 14.1. The van der Waals surface area contributed by atoms with Gasteiger partial charge in [-0.15, -0.1) is 0 Å². The minimum atomic E-state index is -0.0647. The Morgan fingerprint density at radius 2 is 2.35 bits per heavy atom. The molecule has 0 saturated carbocycles. The monoisotopic (exact) mass is 272 g/mol. The first-order chi connectivity index (χ1) is 9.63. The SMILES string of the molecule is CC1CN(C(=O)Cc2ccn(C)n2)c2cccnc2O1. The molecule has 20 heavy (non-hydrogen) atoms. The number of anilines is 1. The zero-order valence-corrected chi connectivity index (χ0v) is 11.5. The Hall–Kier alpha value is -2.37. The molecule has 0 saturated heterocycles. The lowest BCUT2D eigenvalue weighted by molar-refractivity contribution is -0.118. The quantitative estimate of drug-likeness (QED) is 0.823. The second-order valence-electron chi connectivity index (χ2n) is 4.92. The second kappa shape index (κ2) is 4.96. The minimum Gasteiger partial charge on any atom is -0.471 e.